The van der Waals surface area contributed by atoms with Crippen LogP contribution in [0.25, 0.3) is 16.9 Å². The molecular formula is C19H15F2N5O3S. The van der Waals surface area contributed by atoms with Crippen molar-refractivity contribution in [2.24, 2.45) is 5.14 Å². The summed E-state index contributed by atoms with van der Waals surface area (Å²) in [7, 11) is -3.79. The van der Waals surface area contributed by atoms with E-state index >= 15 is 0 Å². The summed E-state index contributed by atoms with van der Waals surface area (Å²) < 4.78 is 54.2. The van der Waals surface area contributed by atoms with Crippen LogP contribution in [0.15, 0.2) is 65.6 Å². The van der Waals surface area contributed by atoms with Crippen LogP contribution in [-0.2, 0) is 16.4 Å². The van der Waals surface area contributed by atoms with Crippen LogP contribution in [0.4, 0.5) is 8.78 Å². The number of hydrogen-bond acceptors (Lipinski definition) is 6. The number of fused-ring (bicyclic) bond motifs is 1. The van der Waals surface area contributed by atoms with Crippen molar-refractivity contribution in [2.45, 2.75) is 17.9 Å². The van der Waals surface area contributed by atoms with Crippen LogP contribution >= 0.6 is 0 Å². The number of sulfonamides is 1. The summed E-state index contributed by atoms with van der Waals surface area (Å²) in [6.07, 6.45) is 0.171. The zero-order valence-corrected chi connectivity index (χ0v) is 16.1. The molecular weight excluding hydrogens is 416 g/mol. The Labute approximate surface area is 170 Å². The number of primary sulfonamides is 1. The Hall–Kier alpha value is -3.44. The fourth-order valence-electron chi connectivity index (χ4n) is 2.94. The Kier molecular flexibility index (Phi) is 5.14. The lowest BCUT2D eigenvalue weighted by Gasteiger charge is -2.09. The molecule has 2 N–H and O–H groups in total. The molecule has 2 heterocycles. The number of aromatic nitrogens is 4. The second kappa shape index (κ2) is 7.76. The van der Waals surface area contributed by atoms with Crippen molar-refractivity contribution >= 4 is 15.7 Å². The maximum atomic E-state index is 12.7. The van der Waals surface area contributed by atoms with Crippen molar-refractivity contribution in [3.05, 3.63) is 72.1 Å². The minimum atomic E-state index is -3.79. The largest absolute Gasteiger partial charge is 0.435 e. The van der Waals surface area contributed by atoms with Gasteiger partial charge in [-0.15, -0.1) is 10.2 Å². The van der Waals surface area contributed by atoms with Crippen LogP contribution in [0.5, 0.6) is 5.75 Å². The number of nitrogens with two attached hydrogens (primary N) is 1. The molecule has 4 aromatic rings. The lowest BCUT2D eigenvalue weighted by atomic mass is 10.1. The van der Waals surface area contributed by atoms with Crippen molar-refractivity contribution < 1.29 is 21.9 Å². The molecule has 30 heavy (non-hydrogen) atoms. The van der Waals surface area contributed by atoms with Gasteiger partial charge in [0.2, 0.25) is 10.0 Å². The van der Waals surface area contributed by atoms with Gasteiger partial charge in [-0.3, -0.25) is 0 Å². The van der Waals surface area contributed by atoms with E-state index in [0.717, 1.165) is 0 Å². The van der Waals surface area contributed by atoms with Crippen LogP contribution < -0.4 is 9.88 Å². The summed E-state index contributed by atoms with van der Waals surface area (Å²) in [5, 5.41) is 17.8. The first kappa shape index (κ1) is 19.9. The van der Waals surface area contributed by atoms with Crippen molar-refractivity contribution in [3.63, 3.8) is 0 Å². The zero-order valence-electron chi connectivity index (χ0n) is 15.3. The zero-order chi connectivity index (χ0) is 21.3. The lowest BCUT2D eigenvalue weighted by molar-refractivity contribution is -0.0504. The second-order valence-electron chi connectivity index (χ2n) is 6.34. The Morgan fingerprint density at radius 2 is 1.73 bits per heavy atom. The maximum Gasteiger partial charge on any atom is 0.387 e. The number of hydrogen-bond donors (Lipinski definition) is 1. The van der Waals surface area contributed by atoms with Crippen LogP contribution in [0.3, 0.4) is 0 Å². The summed E-state index contributed by atoms with van der Waals surface area (Å²) in [5.41, 5.74) is 2.19. The second-order valence-corrected chi connectivity index (χ2v) is 7.90. The molecule has 0 bridgehead atoms. The lowest BCUT2D eigenvalue weighted by Crippen LogP contribution is -2.11. The molecule has 11 heteroatoms. The molecule has 0 saturated carbocycles. The standard InChI is InChI=1S/C19H15F2N5O3S/c20-19(21)29-16-4-2-1-3-13(16)11-18-24-23-17-10-9-15(25-26(17)18)12-5-7-14(8-6-12)30(22,27)28/h1-10,19H,11H2,(H2,22,27,28). The van der Waals surface area contributed by atoms with E-state index < -0.39 is 16.6 Å². The number of nitrogens with zero attached hydrogens (tertiary/aromatic N) is 4. The van der Waals surface area contributed by atoms with Crippen LogP contribution in [-0.4, -0.2) is 34.8 Å². The van der Waals surface area contributed by atoms with E-state index in [4.69, 9.17) is 5.14 Å². The number of benzene rings is 2. The van der Waals surface area contributed by atoms with E-state index in [9.17, 15) is 17.2 Å². The molecule has 2 aromatic heterocycles. The predicted octanol–water partition coefficient (Wildman–Crippen LogP) is 2.63. The van der Waals surface area contributed by atoms with E-state index in [-0.39, 0.29) is 17.1 Å². The van der Waals surface area contributed by atoms with Gasteiger partial charge in [0.25, 0.3) is 0 Å². The highest BCUT2D eigenvalue weighted by Crippen LogP contribution is 2.24. The molecule has 0 spiro atoms. The minimum Gasteiger partial charge on any atom is -0.435 e. The van der Waals surface area contributed by atoms with Gasteiger partial charge in [0.15, 0.2) is 11.5 Å². The highest BCUT2D eigenvalue weighted by molar-refractivity contribution is 7.89. The fraction of sp³-hybridized carbons (Fsp3) is 0.105. The van der Waals surface area contributed by atoms with Gasteiger partial charge in [0, 0.05) is 17.5 Å². The van der Waals surface area contributed by atoms with Gasteiger partial charge >= 0.3 is 6.61 Å². The quantitative estimate of drug-likeness (QED) is 0.502. The molecule has 0 atom stereocenters. The van der Waals surface area contributed by atoms with E-state index in [1.165, 1.54) is 22.7 Å². The molecule has 0 aliphatic carbocycles. The minimum absolute atomic E-state index is 0.00653. The highest BCUT2D eigenvalue weighted by Gasteiger charge is 2.15. The molecule has 0 amide bonds. The third-order valence-corrected chi connectivity index (χ3v) is 5.27. The van der Waals surface area contributed by atoms with Gasteiger partial charge in [-0.2, -0.15) is 18.4 Å². The van der Waals surface area contributed by atoms with Crippen molar-refractivity contribution in [3.8, 4) is 17.0 Å². The Morgan fingerprint density at radius 3 is 2.43 bits per heavy atom. The van der Waals surface area contributed by atoms with E-state index in [1.54, 1.807) is 42.5 Å². The average Bonchev–Trinajstić information content (AvgIpc) is 3.10. The number of alkyl halides is 2. The van der Waals surface area contributed by atoms with Crippen LogP contribution in [0.2, 0.25) is 0 Å². The number of para-hydroxylation sites is 1. The first-order valence-electron chi connectivity index (χ1n) is 8.68. The fourth-order valence-corrected chi connectivity index (χ4v) is 3.46. The van der Waals surface area contributed by atoms with Gasteiger partial charge in [0.1, 0.15) is 5.75 Å². The van der Waals surface area contributed by atoms with E-state index in [1.807, 2.05) is 0 Å². The van der Waals surface area contributed by atoms with Crippen molar-refractivity contribution in [1.29, 1.82) is 0 Å². The Morgan fingerprint density at radius 1 is 1.00 bits per heavy atom. The molecule has 0 saturated heterocycles. The first-order valence-corrected chi connectivity index (χ1v) is 10.2. The number of rotatable bonds is 6. The third-order valence-electron chi connectivity index (χ3n) is 4.34. The smallest absolute Gasteiger partial charge is 0.387 e. The van der Waals surface area contributed by atoms with E-state index in [0.29, 0.717) is 28.3 Å². The van der Waals surface area contributed by atoms with Crippen molar-refractivity contribution in [2.75, 3.05) is 0 Å². The van der Waals surface area contributed by atoms with Crippen molar-refractivity contribution in [1.82, 2.24) is 19.8 Å². The Balaban J connectivity index is 1.69. The average molecular weight is 431 g/mol. The van der Waals surface area contributed by atoms with Crippen LogP contribution in [0.1, 0.15) is 11.4 Å². The van der Waals surface area contributed by atoms with Gasteiger partial charge in [-0.05, 0) is 30.3 Å². The molecule has 0 aliphatic rings. The molecule has 8 nitrogen and oxygen atoms in total. The summed E-state index contributed by atoms with van der Waals surface area (Å²) in [6.45, 7) is -2.94. The van der Waals surface area contributed by atoms with E-state index in [2.05, 4.69) is 20.0 Å². The normalized spacial score (nSPS) is 11.9. The molecule has 4 rings (SSSR count). The summed E-state index contributed by atoms with van der Waals surface area (Å²) in [6, 6.07) is 15.8. The van der Waals surface area contributed by atoms with Gasteiger partial charge in [-0.25, -0.2) is 13.6 Å². The van der Waals surface area contributed by atoms with Gasteiger partial charge in [0.05, 0.1) is 10.6 Å². The predicted molar refractivity (Wildman–Crippen MR) is 103 cm³/mol. The summed E-state index contributed by atoms with van der Waals surface area (Å²) in [4.78, 5) is -0.00653. The highest BCUT2D eigenvalue weighted by atomic mass is 32.2. The number of ether oxygens (including phenoxy) is 1. The monoisotopic (exact) mass is 431 g/mol. The molecule has 0 unspecified atom stereocenters. The molecule has 154 valence electrons. The first-order chi connectivity index (χ1) is 14.3. The molecule has 0 radical (unpaired) electrons. The third kappa shape index (κ3) is 4.11. The Bertz CT molecular complexity index is 1310. The van der Waals surface area contributed by atoms with Gasteiger partial charge in [-0.1, -0.05) is 30.3 Å². The summed E-state index contributed by atoms with van der Waals surface area (Å²) >= 11 is 0. The van der Waals surface area contributed by atoms with Crippen LogP contribution in [0, 0.1) is 0 Å². The van der Waals surface area contributed by atoms with Gasteiger partial charge < -0.3 is 4.74 Å². The molecule has 0 aliphatic heterocycles. The topological polar surface area (TPSA) is 112 Å². The molecule has 2 aromatic carbocycles. The summed E-state index contributed by atoms with van der Waals surface area (Å²) in [5.74, 6) is 0.484. The number of halogens is 2. The maximum absolute atomic E-state index is 12.7. The molecule has 0 fully saturated rings. The SMILES string of the molecule is NS(=O)(=O)c1ccc(-c2ccc3nnc(Cc4ccccc4OC(F)F)n3n2)cc1.